The Morgan fingerprint density at radius 1 is 0.272 bits per heavy atom. The van der Waals surface area contributed by atoms with E-state index in [9.17, 15) is 43.2 Å². The Morgan fingerprint density at radius 2 is 0.466 bits per heavy atom. The van der Waals surface area contributed by atoms with Crippen LogP contribution in [-0.4, -0.2) is 96.7 Å². The molecule has 103 heavy (non-hydrogen) atoms. The lowest BCUT2D eigenvalue weighted by Gasteiger charge is -2.21. The number of rotatable bonds is 81. The first-order chi connectivity index (χ1) is 49.7. The lowest BCUT2D eigenvalue weighted by molar-refractivity contribution is -0.161. The first kappa shape index (κ1) is 101. The molecule has 0 aromatic rings. The van der Waals surface area contributed by atoms with E-state index in [0.29, 0.717) is 31.6 Å². The number of aliphatic hydroxyl groups excluding tert-OH is 1. The zero-order valence-corrected chi connectivity index (χ0v) is 69.7. The molecule has 0 amide bonds. The summed E-state index contributed by atoms with van der Waals surface area (Å²) in [6.45, 7) is 14.3. The summed E-state index contributed by atoms with van der Waals surface area (Å²) in [6, 6.07) is 0. The lowest BCUT2D eigenvalue weighted by Crippen LogP contribution is -2.30. The van der Waals surface area contributed by atoms with Crippen molar-refractivity contribution in [1.29, 1.82) is 0 Å². The third-order valence-corrected chi connectivity index (χ3v) is 22.6. The predicted octanol–water partition coefficient (Wildman–Crippen LogP) is 25.2. The molecular formula is C84H164O17P2. The number of aliphatic hydroxyl groups is 1. The van der Waals surface area contributed by atoms with Crippen LogP contribution in [0.15, 0.2) is 0 Å². The summed E-state index contributed by atoms with van der Waals surface area (Å²) in [7, 11) is -9.92. The molecule has 0 aromatic heterocycles. The van der Waals surface area contributed by atoms with E-state index in [2.05, 4.69) is 55.4 Å². The number of hydrogen-bond acceptors (Lipinski definition) is 15. The summed E-state index contributed by atoms with van der Waals surface area (Å²) in [5.74, 6) is 1.03. The molecular weight excluding hydrogens is 1340 g/mol. The molecule has 3 N–H and O–H groups in total. The van der Waals surface area contributed by atoms with Gasteiger partial charge in [-0.25, -0.2) is 9.13 Å². The van der Waals surface area contributed by atoms with Crippen molar-refractivity contribution >= 4 is 39.5 Å². The van der Waals surface area contributed by atoms with Crippen LogP contribution in [0.3, 0.4) is 0 Å². The molecule has 0 rings (SSSR count). The maximum atomic E-state index is 13.1. The summed E-state index contributed by atoms with van der Waals surface area (Å²) in [5, 5.41) is 10.6. The third-order valence-electron chi connectivity index (χ3n) is 20.7. The van der Waals surface area contributed by atoms with E-state index < -0.39 is 97.5 Å². The van der Waals surface area contributed by atoms with Crippen molar-refractivity contribution in [2.75, 3.05) is 39.6 Å². The summed E-state index contributed by atoms with van der Waals surface area (Å²) in [4.78, 5) is 73.0. The predicted molar refractivity (Wildman–Crippen MR) is 423 cm³/mol. The van der Waals surface area contributed by atoms with E-state index in [-0.39, 0.29) is 25.7 Å². The Morgan fingerprint density at radius 3 is 0.689 bits per heavy atom. The van der Waals surface area contributed by atoms with Gasteiger partial charge in [0.15, 0.2) is 12.2 Å². The molecule has 0 fully saturated rings. The monoisotopic (exact) mass is 1510 g/mol. The minimum atomic E-state index is -4.96. The van der Waals surface area contributed by atoms with Gasteiger partial charge in [-0.2, -0.15) is 0 Å². The second-order valence-electron chi connectivity index (χ2n) is 31.4. The van der Waals surface area contributed by atoms with Gasteiger partial charge in [-0.1, -0.05) is 383 Å². The number of unbranched alkanes of at least 4 members (excludes halogenated alkanes) is 44. The molecule has 17 nitrogen and oxygen atoms in total. The molecule has 0 aliphatic carbocycles. The van der Waals surface area contributed by atoms with E-state index in [0.717, 1.165) is 114 Å². The van der Waals surface area contributed by atoms with Crippen LogP contribution >= 0.6 is 15.6 Å². The van der Waals surface area contributed by atoms with Crippen LogP contribution in [0.5, 0.6) is 0 Å². The molecule has 0 heterocycles. The van der Waals surface area contributed by atoms with Gasteiger partial charge in [0.1, 0.15) is 19.3 Å². The van der Waals surface area contributed by atoms with Gasteiger partial charge in [0, 0.05) is 25.7 Å². The van der Waals surface area contributed by atoms with Crippen LogP contribution in [0, 0.1) is 23.7 Å². The molecule has 19 heteroatoms. The molecule has 0 radical (unpaired) electrons. The van der Waals surface area contributed by atoms with E-state index in [4.69, 9.17) is 37.0 Å². The molecule has 0 bridgehead atoms. The van der Waals surface area contributed by atoms with Gasteiger partial charge >= 0.3 is 39.5 Å². The van der Waals surface area contributed by atoms with Crippen molar-refractivity contribution in [2.24, 2.45) is 23.7 Å². The maximum Gasteiger partial charge on any atom is 0.472 e. The highest BCUT2D eigenvalue weighted by Gasteiger charge is 2.30. The smallest absolute Gasteiger partial charge is 0.462 e. The third kappa shape index (κ3) is 74.0. The fraction of sp³-hybridized carbons (Fsp3) is 0.952. The van der Waals surface area contributed by atoms with Crippen LogP contribution in [0.2, 0.25) is 0 Å². The number of carbonyl (C=O) groups is 4. The van der Waals surface area contributed by atoms with Gasteiger partial charge in [-0.05, 0) is 49.4 Å². The van der Waals surface area contributed by atoms with Crippen LogP contribution in [0.4, 0.5) is 0 Å². The molecule has 0 spiro atoms. The standard InChI is InChI=1S/C84H164O17P2/c1-9-75(6)61-53-45-36-32-28-24-20-16-12-14-18-22-26-30-34-38-48-56-64-81(86)94-70-80(101-84(89)67-59-51-43-41-47-55-63-77(8)11-3)73-99-103(92,93)97-69-78(85)68-96-102(90,91)98-72-79(71-95-82(87)65-57-49-42-40-44-52-60-74(4)5)100-83(88)66-58-50-39-35-31-27-23-19-15-13-17-21-25-29-33-37-46-54-62-76(7)10-2/h74-80,85H,9-73H2,1-8H3,(H,90,91)(H,92,93)/t75?,76?,77?,78-,79+,80+/m0/s1. The maximum absolute atomic E-state index is 13.1. The van der Waals surface area contributed by atoms with E-state index >= 15 is 0 Å². The van der Waals surface area contributed by atoms with Crippen molar-refractivity contribution in [3.8, 4) is 0 Å². The number of hydrogen-bond donors (Lipinski definition) is 3. The normalized spacial score (nSPS) is 14.8. The Kier molecular flexibility index (Phi) is 71.5. The fourth-order valence-electron chi connectivity index (χ4n) is 12.9. The van der Waals surface area contributed by atoms with Gasteiger partial charge in [-0.15, -0.1) is 0 Å². The lowest BCUT2D eigenvalue weighted by atomic mass is 9.99. The number of phosphoric ester groups is 2. The number of carbonyl (C=O) groups excluding carboxylic acids is 4. The van der Waals surface area contributed by atoms with Crippen molar-refractivity contribution in [3.63, 3.8) is 0 Å². The molecule has 0 aromatic carbocycles. The van der Waals surface area contributed by atoms with Gasteiger partial charge in [0.2, 0.25) is 0 Å². The highest BCUT2D eigenvalue weighted by atomic mass is 31.2. The Bertz CT molecular complexity index is 2010. The number of ether oxygens (including phenoxy) is 4. The molecule has 8 atom stereocenters. The zero-order valence-electron chi connectivity index (χ0n) is 68.0. The average molecular weight is 1510 g/mol. The van der Waals surface area contributed by atoms with Crippen LogP contribution in [0.1, 0.15) is 434 Å². The number of phosphoric acid groups is 2. The van der Waals surface area contributed by atoms with Gasteiger partial charge < -0.3 is 33.8 Å². The van der Waals surface area contributed by atoms with Crippen molar-refractivity contribution in [2.45, 2.75) is 453 Å². The quantitative estimate of drug-likeness (QED) is 0.0222. The average Bonchev–Trinajstić information content (AvgIpc) is 0.980. The minimum absolute atomic E-state index is 0.103. The molecule has 0 saturated carbocycles. The van der Waals surface area contributed by atoms with E-state index in [1.54, 1.807) is 0 Å². The highest BCUT2D eigenvalue weighted by molar-refractivity contribution is 7.47. The largest absolute Gasteiger partial charge is 0.472 e. The number of esters is 4. The zero-order chi connectivity index (χ0) is 76.0. The van der Waals surface area contributed by atoms with Crippen molar-refractivity contribution in [3.05, 3.63) is 0 Å². The van der Waals surface area contributed by atoms with Crippen LogP contribution in [-0.2, 0) is 65.4 Å². The topological polar surface area (TPSA) is 237 Å². The first-order valence-electron chi connectivity index (χ1n) is 43.3. The molecule has 0 aliphatic rings. The summed E-state index contributed by atoms with van der Waals surface area (Å²) < 4.78 is 68.7. The summed E-state index contributed by atoms with van der Waals surface area (Å²) in [5.41, 5.74) is 0. The van der Waals surface area contributed by atoms with E-state index in [1.807, 2.05) is 0 Å². The Balaban J connectivity index is 5.08. The van der Waals surface area contributed by atoms with Gasteiger partial charge in [0.05, 0.1) is 26.4 Å². The second-order valence-corrected chi connectivity index (χ2v) is 34.3. The molecule has 0 aliphatic heterocycles. The van der Waals surface area contributed by atoms with Crippen LogP contribution in [0.25, 0.3) is 0 Å². The Hall–Kier alpha value is -1.94. The van der Waals surface area contributed by atoms with Crippen molar-refractivity contribution in [1.82, 2.24) is 0 Å². The minimum Gasteiger partial charge on any atom is -0.462 e. The molecule has 0 saturated heterocycles. The summed E-state index contributed by atoms with van der Waals surface area (Å²) >= 11 is 0. The first-order valence-corrected chi connectivity index (χ1v) is 46.3. The van der Waals surface area contributed by atoms with Crippen LogP contribution < -0.4 is 0 Å². The van der Waals surface area contributed by atoms with Gasteiger partial charge in [0.25, 0.3) is 0 Å². The van der Waals surface area contributed by atoms with Crippen molar-refractivity contribution < 1.29 is 80.2 Å². The van der Waals surface area contributed by atoms with Gasteiger partial charge in [-0.3, -0.25) is 37.3 Å². The SMILES string of the molecule is CCC(C)CCCCCCCCCCCCCCCCCCCCC(=O)OC[C@H](COP(=O)(O)OC[C@@H](O)COP(=O)(O)OC[C@@H](COC(=O)CCCCCCCCC(C)C)OC(=O)CCCCCCCCCCCCCCCCCCCCC(C)CC)OC(=O)CCCCCCCCC(C)CC. The molecule has 612 valence electrons. The molecule has 5 unspecified atom stereocenters. The Labute approximate surface area is 632 Å². The second kappa shape index (κ2) is 72.9. The summed E-state index contributed by atoms with van der Waals surface area (Å²) in [6.07, 6.45) is 61.5. The van der Waals surface area contributed by atoms with E-state index in [1.165, 1.54) is 231 Å². The highest BCUT2D eigenvalue weighted by Crippen LogP contribution is 2.45. The fourth-order valence-corrected chi connectivity index (χ4v) is 14.4.